The van der Waals surface area contributed by atoms with Crippen LogP contribution in [0.15, 0.2) is 0 Å². The molecule has 3 rings (SSSR count). The van der Waals surface area contributed by atoms with Gasteiger partial charge in [0, 0.05) is 5.41 Å². The Balaban J connectivity index is 2.11. The third kappa shape index (κ3) is 1.22. The summed E-state index contributed by atoms with van der Waals surface area (Å²) >= 11 is 5.56. The molecule has 3 fully saturated rings. The van der Waals surface area contributed by atoms with Gasteiger partial charge in [0.05, 0.1) is 11.8 Å². The van der Waals surface area contributed by atoms with Crippen molar-refractivity contribution in [2.24, 2.45) is 16.7 Å². The number of nitrogens with zero attached hydrogens (tertiary/aromatic N) is 1. The molecule has 18 heavy (non-hydrogen) atoms. The zero-order chi connectivity index (χ0) is 13.3. The Morgan fingerprint density at radius 2 is 2.11 bits per heavy atom. The monoisotopic (exact) mass is 291 g/mol. The summed E-state index contributed by atoms with van der Waals surface area (Å²) in [5, 5.41) is 0. The molecule has 2 aliphatic carbocycles. The third-order valence-electron chi connectivity index (χ3n) is 5.77. The number of hydrogen-bond acceptors (Lipinski definition) is 3. The predicted molar refractivity (Wildman–Crippen MR) is 68.7 cm³/mol. The van der Waals surface area contributed by atoms with Crippen molar-refractivity contribution in [2.45, 2.75) is 39.2 Å². The van der Waals surface area contributed by atoms with Crippen molar-refractivity contribution in [1.29, 1.82) is 0 Å². The fourth-order valence-electron chi connectivity index (χ4n) is 4.68. The van der Waals surface area contributed by atoms with Gasteiger partial charge in [0.2, 0.25) is 10.0 Å². The zero-order valence-corrected chi connectivity index (χ0v) is 12.2. The van der Waals surface area contributed by atoms with Gasteiger partial charge in [-0.3, -0.25) is 4.79 Å². The number of carbonyl (C=O) groups is 1. The Labute approximate surface area is 113 Å². The van der Waals surface area contributed by atoms with E-state index in [4.69, 9.17) is 11.6 Å². The molecule has 0 radical (unpaired) electrons. The van der Waals surface area contributed by atoms with Gasteiger partial charge in [-0.1, -0.05) is 13.8 Å². The van der Waals surface area contributed by atoms with E-state index in [0.29, 0.717) is 5.92 Å². The van der Waals surface area contributed by atoms with Gasteiger partial charge in [0.25, 0.3) is 5.91 Å². The van der Waals surface area contributed by atoms with Crippen molar-refractivity contribution < 1.29 is 13.2 Å². The van der Waals surface area contributed by atoms with E-state index in [9.17, 15) is 13.2 Å². The van der Waals surface area contributed by atoms with Gasteiger partial charge < -0.3 is 0 Å². The summed E-state index contributed by atoms with van der Waals surface area (Å²) < 4.78 is 25.7. The number of halogens is 1. The van der Waals surface area contributed by atoms with E-state index >= 15 is 0 Å². The maximum absolute atomic E-state index is 12.3. The largest absolute Gasteiger partial charge is 0.272 e. The first-order chi connectivity index (χ1) is 8.26. The Morgan fingerprint density at radius 3 is 2.67 bits per heavy atom. The molecule has 1 heterocycles. The maximum Gasteiger partial charge on any atom is 0.251 e. The number of sulfonamides is 1. The average Bonchev–Trinajstić information content (AvgIpc) is 2.74. The number of alkyl halides is 1. The summed E-state index contributed by atoms with van der Waals surface area (Å²) in [6.07, 6.45) is 2.82. The van der Waals surface area contributed by atoms with Crippen LogP contribution >= 0.6 is 11.6 Å². The van der Waals surface area contributed by atoms with Crippen molar-refractivity contribution in [1.82, 2.24) is 4.31 Å². The summed E-state index contributed by atoms with van der Waals surface area (Å²) in [5.74, 6) is -0.0567. The molecule has 6 heteroatoms. The molecule has 1 saturated heterocycles. The minimum atomic E-state index is -3.47. The number of fused-ring (bicyclic) bond motifs is 1. The number of carbonyl (C=O) groups excluding carboxylic acids is 1. The zero-order valence-electron chi connectivity index (χ0n) is 10.6. The van der Waals surface area contributed by atoms with E-state index in [1.165, 1.54) is 0 Å². The molecule has 1 aliphatic heterocycles. The number of hydrogen-bond donors (Lipinski definition) is 0. The van der Waals surface area contributed by atoms with Crippen LogP contribution in [0.4, 0.5) is 0 Å². The highest BCUT2D eigenvalue weighted by Crippen LogP contribution is 2.69. The molecule has 1 spiro atoms. The lowest BCUT2D eigenvalue weighted by atomic mass is 9.69. The first-order valence-electron chi connectivity index (χ1n) is 6.37. The van der Waals surface area contributed by atoms with Crippen LogP contribution < -0.4 is 0 Å². The summed E-state index contributed by atoms with van der Waals surface area (Å²) in [4.78, 5) is 11.9. The molecule has 0 N–H and O–H groups in total. The van der Waals surface area contributed by atoms with Crippen molar-refractivity contribution in [3.63, 3.8) is 0 Å². The molecule has 1 amide bonds. The Bertz CT molecular complexity index is 515. The fourth-order valence-corrected chi connectivity index (χ4v) is 7.43. The van der Waals surface area contributed by atoms with Crippen LogP contribution in [0, 0.1) is 16.7 Å². The molecule has 0 aromatic rings. The molecule has 2 bridgehead atoms. The van der Waals surface area contributed by atoms with E-state index < -0.39 is 15.9 Å². The van der Waals surface area contributed by atoms with E-state index in [1.807, 2.05) is 0 Å². The molecule has 3 atom stereocenters. The van der Waals surface area contributed by atoms with Crippen LogP contribution in [0.1, 0.15) is 33.1 Å². The lowest BCUT2D eigenvalue weighted by molar-refractivity contribution is -0.126. The molecular formula is C12H18ClNO3S. The van der Waals surface area contributed by atoms with Crippen LogP contribution in [0.25, 0.3) is 0 Å². The molecule has 4 nitrogen and oxygen atoms in total. The SMILES string of the molecule is CC1(C)C2CCC13CS(=O)(=O)N(C(=O)CCl)C3C2. The van der Waals surface area contributed by atoms with Crippen molar-refractivity contribution >= 4 is 27.5 Å². The van der Waals surface area contributed by atoms with Gasteiger partial charge in [-0.25, -0.2) is 12.7 Å². The Morgan fingerprint density at radius 1 is 1.44 bits per heavy atom. The van der Waals surface area contributed by atoms with E-state index in [0.717, 1.165) is 23.6 Å². The summed E-state index contributed by atoms with van der Waals surface area (Å²) in [5.41, 5.74) is -0.232. The van der Waals surface area contributed by atoms with Gasteiger partial charge >= 0.3 is 0 Å². The topological polar surface area (TPSA) is 54.5 Å². The predicted octanol–water partition coefficient (Wildman–Crippen LogP) is 1.59. The molecule has 0 aromatic carbocycles. The minimum Gasteiger partial charge on any atom is -0.272 e. The van der Waals surface area contributed by atoms with Crippen LogP contribution in [-0.2, 0) is 14.8 Å². The van der Waals surface area contributed by atoms with Crippen LogP contribution in [0.2, 0.25) is 0 Å². The van der Waals surface area contributed by atoms with E-state index in [1.54, 1.807) is 0 Å². The quantitative estimate of drug-likeness (QED) is 0.690. The minimum absolute atomic E-state index is 0.00603. The lowest BCUT2D eigenvalue weighted by Crippen LogP contribution is -2.44. The average molecular weight is 292 g/mol. The highest BCUT2D eigenvalue weighted by molar-refractivity contribution is 7.90. The van der Waals surface area contributed by atoms with Gasteiger partial charge in [0.15, 0.2) is 0 Å². The Hall–Kier alpha value is -0.290. The van der Waals surface area contributed by atoms with E-state index in [2.05, 4.69) is 13.8 Å². The van der Waals surface area contributed by atoms with Crippen molar-refractivity contribution in [3.8, 4) is 0 Å². The molecule has 3 unspecified atom stereocenters. The van der Waals surface area contributed by atoms with Crippen LogP contribution in [0.3, 0.4) is 0 Å². The maximum atomic E-state index is 12.3. The summed E-state index contributed by atoms with van der Waals surface area (Å²) in [7, 11) is -3.47. The summed E-state index contributed by atoms with van der Waals surface area (Å²) in [6, 6.07) is -0.150. The first-order valence-corrected chi connectivity index (χ1v) is 8.51. The van der Waals surface area contributed by atoms with Gasteiger partial charge in [0.1, 0.15) is 5.88 Å². The first kappa shape index (κ1) is 12.7. The van der Waals surface area contributed by atoms with Gasteiger partial charge in [-0.15, -0.1) is 11.6 Å². The number of amides is 1. The number of rotatable bonds is 1. The normalized spacial score (nSPS) is 43.2. The highest BCUT2D eigenvalue weighted by atomic mass is 35.5. The smallest absolute Gasteiger partial charge is 0.251 e. The van der Waals surface area contributed by atoms with Crippen LogP contribution in [0.5, 0.6) is 0 Å². The second kappa shape index (κ2) is 3.42. The third-order valence-corrected chi connectivity index (χ3v) is 7.94. The van der Waals surface area contributed by atoms with Crippen LogP contribution in [-0.4, -0.2) is 36.3 Å². The van der Waals surface area contributed by atoms with Crippen molar-refractivity contribution in [3.05, 3.63) is 0 Å². The van der Waals surface area contributed by atoms with E-state index in [-0.39, 0.29) is 28.5 Å². The highest BCUT2D eigenvalue weighted by Gasteiger charge is 2.72. The molecule has 0 aromatic heterocycles. The molecular weight excluding hydrogens is 274 g/mol. The molecule has 2 saturated carbocycles. The van der Waals surface area contributed by atoms with Gasteiger partial charge in [-0.2, -0.15) is 0 Å². The molecule has 102 valence electrons. The summed E-state index contributed by atoms with van der Waals surface area (Å²) in [6.45, 7) is 4.32. The van der Waals surface area contributed by atoms with Gasteiger partial charge in [-0.05, 0) is 30.6 Å². The second-order valence-electron chi connectivity index (χ2n) is 6.44. The standard InChI is InChI=1S/C12H18ClNO3S/c1-11(2)8-3-4-12(11)7-18(16,17)14(9(12)5-8)10(15)6-13/h8-9H,3-7H2,1-2H3. The molecule has 3 aliphatic rings. The fraction of sp³-hybridized carbons (Fsp3) is 0.917. The second-order valence-corrected chi connectivity index (χ2v) is 8.56. The lowest BCUT2D eigenvalue weighted by Gasteiger charge is -2.36. The van der Waals surface area contributed by atoms with Crippen molar-refractivity contribution in [2.75, 3.05) is 11.6 Å². The Kier molecular flexibility index (Phi) is 2.42.